The lowest BCUT2D eigenvalue weighted by Crippen LogP contribution is -2.56. The summed E-state index contributed by atoms with van der Waals surface area (Å²) >= 11 is 0. The molecule has 7 heteroatoms. The van der Waals surface area contributed by atoms with Crippen LogP contribution >= 0.6 is 0 Å². The second-order valence-electron chi connectivity index (χ2n) is 5.41. The van der Waals surface area contributed by atoms with E-state index in [1.165, 1.54) is 19.2 Å². The van der Waals surface area contributed by atoms with E-state index in [1.54, 1.807) is 6.92 Å². The van der Waals surface area contributed by atoms with Gasteiger partial charge < -0.3 is 5.32 Å². The molecule has 0 unspecified atom stereocenters. The van der Waals surface area contributed by atoms with Crippen LogP contribution in [0.1, 0.15) is 31.2 Å². The van der Waals surface area contributed by atoms with E-state index in [4.69, 9.17) is 0 Å². The van der Waals surface area contributed by atoms with Gasteiger partial charge in [0, 0.05) is 7.05 Å². The van der Waals surface area contributed by atoms with Gasteiger partial charge in [-0.05, 0) is 37.5 Å². The largest absolute Gasteiger partial charge is 0.358 e. The molecule has 1 amide bonds. The fourth-order valence-corrected chi connectivity index (χ4v) is 4.31. The van der Waals surface area contributed by atoms with Crippen LogP contribution in [0.3, 0.4) is 0 Å². The van der Waals surface area contributed by atoms with E-state index in [1.807, 2.05) is 0 Å². The van der Waals surface area contributed by atoms with Crippen LogP contribution in [0.4, 0.5) is 4.39 Å². The maximum atomic E-state index is 13.8. The Morgan fingerprint density at radius 1 is 1.29 bits per heavy atom. The van der Waals surface area contributed by atoms with Gasteiger partial charge in [-0.3, -0.25) is 4.79 Å². The van der Waals surface area contributed by atoms with E-state index in [2.05, 4.69) is 10.0 Å². The second kappa shape index (κ2) is 5.73. The van der Waals surface area contributed by atoms with Crippen molar-refractivity contribution in [2.75, 3.05) is 7.05 Å². The Bertz CT molecular complexity index is 652. The smallest absolute Gasteiger partial charge is 0.244 e. The summed E-state index contributed by atoms with van der Waals surface area (Å²) in [4.78, 5) is 11.6. The number of sulfonamides is 1. The first-order valence-corrected chi connectivity index (χ1v) is 8.31. The van der Waals surface area contributed by atoms with E-state index in [0.717, 1.165) is 18.9 Å². The molecule has 1 aliphatic rings. The average molecular weight is 314 g/mol. The molecule has 0 bridgehead atoms. The van der Waals surface area contributed by atoms with Crippen molar-refractivity contribution in [2.45, 2.75) is 43.0 Å². The van der Waals surface area contributed by atoms with Gasteiger partial charge in [0.1, 0.15) is 16.3 Å². The third kappa shape index (κ3) is 3.08. The average Bonchev–Trinajstić information content (AvgIpc) is 2.89. The summed E-state index contributed by atoms with van der Waals surface area (Å²) in [5.41, 5.74) is -0.541. The Labute approximate surface area is 124 Å². The van der Waals surface area contributed by atoms with E-state index in [-0.39, 0.29) is 5.91 Å². The van der Waals surface area contributed by atoms with Crippen molar-refractivity contribution in [2.24, 2.45) is 0 Å². The molecule has 5 nitrogen and oxygen atoms in total. The minimum atomic E-state index is -4.10. The van der Waals surface area contributed by atoms with Gasteiger partial charge in [0.05, 0.1) is 0 Å². The Balaban J connectivity index is 2.40. The summed E-state index contributed by atoms with van der Waals surface area (Å²) in [6, 6.07) is 3.88. The highest BCUT2D eigenvalue weighted by molar-refractivity contribution is 7.89. The fraction of sp³-hybridized carbons (Fsp3) is 0.500. The molecular formula is C14H19FN2O3S. The SMILES string of the molecule is CNC(=O)C1(NS(=O)(=O)c2cc(C)ccc2F)CCCC1. The van der Waals surface area contributed by atoms with Gasteiger partial charge in [0.2, 0.25) is 15.9 Å². The van der Waals surface area contributed by atoms with E-state index in [0.29, 0.717) is 18.4 Å². The maximum absolute atomic E-state index is 13.8. The highest BCUT2D eigenvalue weighted by Crippen LogP contribution is 2.32. The molecule has 21 heavy (non-hydrogen) atoms. The van der Waals surface area contributed by atoms with Crippen molar-refractivity contribution in [1.82, 2.24) is 10.0 Å². The minimum Gasteiger partial charge on any atom is -0.358 e. The summed E-state index contributed by atoms with van der Waals surface area (Å²) in [5.74, 6) is -1.20. The van der Waals surface area contributed by atoms with Crippen LogP contribution in [0.25, 0.3) is 0 Å². The van der Waals surface area contributed by atoms with Gasteiger partial charge in [-0.1, -0.05) is 18.9 Å². The van der Waals surface area contributed by atoms with Crippen LogP contribution in [0, 0.1) is 12.7 Å². The van der Waals surface area contributed by atoms with Gasteiger partial charge in [-0.2, -0.15) is 4.72 Å². The monoisotopic (exact) mass is 314 g/mol. The summed E-state index contributed by atoms with van der Waals surface area (Å²) in [6.45, 7) is 1.68. The molecule has 2 N–H and O–H groups in total. The van der Waals surface area contributed by atoms with Crippen LogP contribution in [0.15, 0.2) is 23.1 Å². The molecule has 0 spiro atoms. The lowest BCUT2D eigenvalue weighted by molar-refractivity contribution is -0.126. The van der Waals surface area contributed by atoms with Crippen molar-refractivity contribution in [3.63, 3.8) is 0 Å². The van der Waals surface area contributed by atoms with Gasteiger partial charge in [0.15, 0.2) is 0 Å². The standard InChI is InChI=1S/C14H19FN2O3S/c1-10-5-6-11(15)12(9-10)21(19,20)17-14(13(18)16-2)7-3-4-8-14/h5-6,9,17H,3-4,7-8H2,1-2H3,(H,16,18). The molecule has 1 aromatic rings. The first-order valence-electron chi connectivity index (χ1n) is 6.83. The number of carbonyl (C=O) groups excluding carboxylic acids is 1. The van der Waals surface area contributed by atoms with Crippen LogP contribution in [-0.4, -0.2) is 26.9 Å². The van der Waals surface area contributed by atoms with Crippen molar-refractivity contribution >= 4 is 15.9 Å². The van der Waals surface area contributed by atoms with E-state index < -0.39 is 26.3 Å². The molecule has 0 aromatic heterocycles. The number of halogens is 1. The zero-order chi connectivity index (χ0) is 15.7. The number of likely N-dealkylation sites (N-methyl/N-ethyl adjacent to an activating group) is 1. The first kappa shape index (κ1) is 15.9. The van der Waals surface area contributed by atoms with Crippen molar-refractivity contribution in [3.05, 3.63) is 29.6 Å². The van der Waals surface area contributed by atoms with E-state index in [9.17, 15) is 17.6 Å². The Morgan fingerprint density at radius 2 is 1.90 bits per heavy atom. The van der Waals surface area contributed by atoms with Crippen LogP contribution in [0.2, 0.25) is 0 Å². The molecular weight excluding hydrogens is 295 g/mol. The zero-order valence-corrected chi connectivity index (χ0v) is 12.9. The molecule has 116 valence electrons. The van der Waals surface area contributed by atoms with Gasteiger partial charge in [-0.15, -0.1) is 0 Å². The van der Waals surface area contributed by atoms with E-state index >= 15 is 0 Å². The highest BCUT2D eigenvalue weighted by Gasteiger charge is 2.44. The number of benzene rings is 1. The fourth-order valence-electron chi connectivity index (χ4n) is 2.72. The van der Waals surface area contributed by atoms with Crippen LogP contribution in [0.5, 0.6) is 0 Å². The highest BCUT2D eigenvalue weighted by atomic mass is 32.2. The number of aryl methyl sites for hydroxylation is 1. The van der Waals surface area contributed by atoms with Crippen LogP contribution < -0.4 is 10.0 Å². The zero-order valence-electron chi connectivity index (χ0n) is 12.1. The molecule has 2 rings (SSSR count). The van der Waals surface area contributed by atoms with Gasteiger partial charge in [-0.25, -0.2) is 12.8 Å². The number of hydrogen-bond donors (Lipinski definition) is 2. The van der Waals surface area contributed by atoms with Gasteiger partial charge in [0.25, 0.3) is 0 Å². The normalized spacial score (nSPS) is 17.7. The number of nitrogens with one attached hydrogen (secondary N) is 2. The third-order valence-electron chi connectivity index (χ3n) is 3.82. The Morgan fingerprint density at radius 3 is 2.48 bits per heavy atom. The van der Waals surface area contributed by atoms with Crippen molar-refractivity contribution in [1.29, 1.82) is 0 Å². The lowest BCUT2D eigenvalue weighted by atomic mass is 9.98. The molecule has 0 aliphatic heterocycles. The molecule has 0 atom stereocenters. The summed E-state index contributed by atoms with van der Waals surface area (Å²) in [5, 5.41) is 2.49. The molecule has 1 fully saturated rings. The quantitative estimate of drug-likeness (QED) is 0.884. The number of hydrogen-bond acceptors (Lipinski definition) is 3. The van der Waals surface area contributed by atoms with Crippen molar-refractivity contribution < 1.29 is 17.6 Å². The number of amides is 1. The maximum Gasteiger partial charge on any atom is 0.244 e. The minimum absolute atomic E-state index is 0.378. The van der Waals surface area contributed by atoms with Crippen LogP contribution in [-0.2, 0) is 14.8 Å². The lowest BCUT2D eigenvalue weighted by Gasteiger charge is -2.28. The Hall–Kier alpha value is -1.47. The van der Waals surface area contributed by atoms with Crippen molar-refractivity contribution in [3.8, 4) is 0 Å². The summed E-state index contributed by atoms with van der Waals surface area (Å²) in [6.07, 6.45) is 2.34. The first-order chi connectivity index (χ1) is 9.81. The molecule has 1 saturated carbocycles. The molecule has 1 aromatic carbocycles. The molecule has 0 radical (unpaired) electrons. The predicted molar refractivity (Wildman–Crippen MR) is 76.7 cm³/mol. The molecule has 1 aliphatic carbocycles. The predicted octanol–water partition coefficient (Wildman–Crippen LogP) is 1.47. The Kier molecular flexibility index (Phi) is 4.34. The second-order valence-corrected chi connectivity index (χ2v) is 7.06. The molecule has 0 saturated heterocycles. The topological polar surface area (TPSA) is 75.3 Å². The molecule has 0 heterocycles. The summed E-state index contributed by atoms with van der Waals surface area (Å²) in [7, 11) is -2.63. The third-order valence-corrected chi connectivity index (χ3v) is 5.38. The van der Waals surface area contributed by atoms with Gasteiger partial charge >= 0.3 is 0 Å². The summed E-state index contributed by atoms with van der Waals surface area (Å²) < 4.78 is 41.2. The number of rotatable bonds is 4. The number of carbonyl (C=O) groups is 1.